The highest BCUT2D eigenvalue weighted by atomic mass is 35.5. The van der Waals surface area contributed by atoms with Crippen molar-refractivity contribution < 1.29 is 0 Å². The van der Waals surface area contributed by atoms with E-state index < -0.39 is 0 Å². The number of likely N-dealkylation sites (N-methyl/N-ethyl adjacent to an activating group) is 1. The third-order valence-electron chi connectivity index (χ3n) is 2.73. The van der Waals surface area contributed by atoms with Crippen molar-refractivity contribution in [1.82, 2.24) is 10.3 Å². The first-order valence-electron chi connectivity index (χ1n) is 5.53. The van der Waals surface area contributed by atoms with E-state index in [1.807, 2.05) is 38.4 Å². The van der Waals surface area contributed by atoms with E-state index in [2.05, 4.69) is 15.7 Å². The van der Waals surface area contributed by atoms with Crippen LogP contribution in [0.2, 0.25) is 5.02 Å². The first kappa shape index (κ1) is 12.6. The average molecular weight is 267 g/mol. The second-order valence-corrected chi connectivity index (χ2v) is 5.25. The van der Waals surface area contributed by atoms with Crippen LogP contribution in [0.3, 0.4) is 0 Å². The Morgan fingerprint density at radius 3 is 2.82 bits per heavy atom. The molecule has 0 bridgehead atoms. The summed E-state index contributed by atoms with van der Waals surface area (Å²) in [5.41, 5.74) is 2.22. The van der Waals surface area contributed by atoms with E-state index in [-0.39, 0.29) is 6.04 Å². The number of aromatic nitrogens is 1. The first-order chi connectivity index (χ1) is 8.22. The van der Waals surface area contributed by atoms with E-state index in [0.29, 0.717) is 0 Å². The van der Waals surface area contributed by atoms with Crippen LogP contribution >= 0.6 is 22.9 Å². The molecule has 0 radical (unpaired) electrons. The van der Waals surface area contributed by atoms with Crippen LogP contribution in [0.5, 0.6) is 0 Å². The summed E-state index contributed by atoms with van der Waals surface area (Å²) in [7, 11) is 1.96. The van der Waals surface area contributed by atoms with Gasteiger partial charge >= 0.3 is 0 Å². The van der Waals surface area contributed by atoms with E-state index in [4.69, 9.17) is 11.6 Å². The summed E-state index contributed by atoms with van der Waals surface area (Å²) in [4.78, 5) is 5.54. The Kier molecular flexibility index (Phi) is 4.15. The molecule has 1 N–H and O–H groups in total. The zero-order chi connectivity index (χ0) is 12.3. The number of pyridine rings is 1. The number of hydrogen-bond donors (Lipinski definition) is 1. The molecule has 0 aliphatic carbocycles. The Morgan fingerprint density at radius 2 is 2.29 bits per heavy atom. The lowest BCUT2D eigenvalue weighted by molar-refractivity contribution is 0.594. The third-order valence-corrected chi connectivity index (χ3v) is 4.56. The topological polar surface area (TPSA) is 24.9 Å². The third kappa shape index (κ3) is 2.86. The van der Waals surface area contributed by atoms with Crippen LogP contribution in [0.15, 0.2) is 29.8 Å². The molecular weight excluding hydrogens is 252 g/mol. The van der Waals surface area contributed by atoms with E-state index in [1.54, 1.807) is 11.3 Å². The van der Waals surface area contributed by atoms with Crippen molar-refractivity contribution in [2.75, 3.05) is 7.05 Å². The summed E-state index contributed by atoms with van der Waals surface area (Å²) in [6, 6.07) is 6.21. The minimum absolute atomic E-state index is 0.232. The van der Waals surface area contributed by atoms with Gasteiger partial charge in [0.1, 0.15) is 0 Å². The second kappa shape index (κ2) is 5.63. The largest absolute Gasteiger partial charge is 0.312 e. The molecule has 0 aliphatic rings. The number of nitrogens with zero attached hydrogens (tertiary/aromatic N) is 1. The van der Waals surface area contributed by atoms with Gasteiger partial charge < -0.3 is 5.32 Å². The molecule has 90 valence electrons. The van der Waals surface area contributed by atoms with Crippen molar-refractivity contribution in [2.45, 2.75) is 19.4 Å². The van der Waals surface area contributed by atoms with Crippen molar-refractivity contribution in [3.63, 3.8) is 0 Å². The predicted octanol–water partition coefficient (Wildman–Crippen LogP) is 3.61. The smallest absolute Gasteiger partial charge is 0.0590 e. The van der Waals surface area contributed by atoms with E-state index >= 15 is 0 Å². The van der Waals surface area contributed by atoms with Gasteiger partial charge in [0.05, 0.1) is 5.02 Å². The normalized spacial score (nSPS) is 12.6. The molecule has 0 aliphatic heterocycles. The van der Waals surface area contributed by atoms with Gasteiger partial charge in [-0.05, 0) is 37.0 Å². The number of hydrogen-bond acceptors (Lipinski definition) is 3. The highest BCUT2D eigenvalue weighted by Crippen LogP contribution is 2.33. The molecule has 2 aromatic heterocycles. The first-order valence-corrected chi connectivity index (χ1v) is 6.78. The lowest BCUT2D eigenvalue weighted by Gasteiger charge is -2.14. The lowest BCUT2D eigenvalue weighted by atomic mass is 10.1. The molecule has 0 amide bonds. The molecule has 0 saturated heterocycles. The molecule has 2 rings (SSSR count). The lowest BCUT2D eigenvalue weighted by Crippen LogP contribution is -2.18. The quantitative estimate of drug-likeness (QED) is 0.915. The fourth-order valence-corrected chi connectivity index (χ4v) is 3.17. The SMILES string of the molecule is CNC(Cc1ccccn1)c1scc(C)c1Cl. The van der Waals surface area contributed by atoms with Crippen LogP contribution in [-0.2, 0) is 6.42 Å². The fraction of sp³-hybridized carbons (Fsp3) is 0.308. The van der Waals surface area contributed by atoms with Crippen LogP contribution in [0.25, 0.3) is 0 Å². The van der Waals surface area contributed by atoms with Gasteiger partial charge in [-0.1, -0.05) is 17.7 Å². The van der Waals surface area contributed by atoms with Crippen molar-refractivity contribution >= 4 is 22.9 Å². The van der Waals surface area contributed by atoms with Crippen LogP contribution in [0.1, 0.15) is 22.2 Å². The molecule has 4 heteroatoms. The summed E-state index contributed by atoms with van der Waals surface area (Å²) in [6.45, 7) is 2.04. The minimum atomic E-state index is 0.232. The molecular formula is C13H15ClN2S. The second-order valence-electron chi connectivity index (χ2n) is 3.96. The van der Waals surface area contributed by atoms with Crippen LogP contribution in [0.4, 0.5) is 0 Å². The molecule has 0 aromatic carbocycles. The molecule has 17 heavy (non-hydrogen) atoms. The number of thiophene rings is 1. The number of aryl methyl sites for hydroxylation is 1. The van der Waals surface area contributed by atoms with E-state index in [0.717, 1.165) is 22.7 Å². The monoisotopic (exact) mass is 266 g/mol. The molecule has 2 nitrogen and oxygen atoms in total. The zero-order valence-corrected chi connectivity index (χ0v) is 11.5. The summed E-state index contributed by atoms with van der Waals surface area (Å²) in [5, 5.41) is 6.28. The molecule has 0 fully saturated rings. The summed E-state index contributed by atoms with van der Waals surface area (Å²) < 4.78 is 0. The maximum Gasteiger partial charge on any atom is 0.0590 e. The van der Waals surface area contributed by atoms with Gasteiger partial charge in [0, 0.05) is 29.2 Å². The van der Waals surface area contributed by atoms with Gasteiger partial charge in [-0.2, -0.15) is 0 Å². The minimum Gasteiger partial charge on any atom is -0.312 e. The summed E-state index contributed by atoms with van der Waals surface area (Å²) in [5.74, 6) is 0. The Hall–Kier alpha value is -0.900. The van der Waals surface area contributed by atoms with E-state index in [1.165, 1.54) is 4.88 Å². The standard InChI is InChI=1S/C13H15ClN2S/c1-9-8-17-13(12(9)14)11(15-2)7-10-5-3-4-6-16-10/h3-6,8,11,15H,7H2,1-2H3. The fourth-order valence-electron chi connectivity index (χ4n) is 1.74. The Bertz CT molecular complexity index is 481. The van der Waals surface area contributed by atoms with Crippen LogP contribution in [0, 0.1) is 6.92 Å². The average Bonchev–Trinajstić information content (AvgIpc) is 2.69. The number of rotatable bonds is 4. The van der Waals surface area contributed by atoms with Crippen molar-refractivity contribution in [1.29, 1.82) is 0 Å². The van der Waals surface area contributed by atoms with Gasteiger partial charge in [-0.3, -0.25) is 4.98 Å². The molecule has 2 heterocycles. The Morgan fingerprint density at radius 1 is 1.47 bits per heavy atom. The van der Waals surface area contributed by atoms with Crippen molar-refractivity contribution in [2.24, 2.45) is 0 Å². The highest BCUT2D eigenvalue weighted by Gasteiger charge is 2.17. The van der Waals surface area contributed by atoms with Crippen LogP contribution < -0.4 is 5.32 Å². The predicted molar refractivity (Wildman–Crippen MR) is 73.8 cm³/mol. The molecule has 0 saturated carbocycles. The summed E-state index contributed by atoms with van der Waals surface area (Å²) in [6.07, 6.45) is 2.68. The molecule has 0 spiro atoms. The maximum atomic E-state index is 6.30. The maximum absolute atomic E-state index is 6.30. The Labute approximate surface area is 111 Å². The number of halogens is 1. The molecule has 1 unspecified atom stereocenters. The highest BCUT2D eigenvalue weighted by molar-refractivity contribution is 7.10. The van der Waals surface area contributed by atoms with Gasteiger partial charge in [0.2, 0.25) is 0 Å². The summed E-state index contributed by atoms with van der Waals surface area (Å²) >= 11 is 8.00. The van der Waals surface area contributed by atoms with Gasteiger partial charge in [0.15, 0.2) is 0 Å². The van der Waals surface area contributed by atoms with Crippen molar-refractivity contribution in [3.8, 4) is 0 Å². The zero-order valence-electron chi connectivity index (χ0n) is 9.90. The number of nitrogens with one attached hydrogen (secondary N) is 1. The van der Waals surface area contributed by atoms with E-state index in [9.17, 15) is 0 Å². The van der Waals surface area contributed by atoms with Crippen molar-refractivity contribution in [3.05, 3.63) is 50.9 Å². The van der Waals surface area contributed by atoms with Gasteiger partial charge in [-0.25, -0.2) is 0 Å². The van der Waals surface area contributed by atoms with Crippen LogP contribution in [-0.4, -0.2) is 12.0 Å². The Balaban J connectivity index is 2.20. The molecule has 2 aromatic rings. The van der Waals surface area contributed by atoms with Gasteiger partial charge in [-0.15, -0.1) is 11.3 Å². The molecule has 1 atom stereocenters. The van der Waals surface area contributed by atoms with Gasteiger partial charge in [0.25, 0.3) is 0 Å².